The topological polar surface area (TPSA) is 24.7 Å². The molecule has 2 heterocycles. The number of hydrogen-bond acceptors (Lipinski definition) is 2. The van der Waals surface area contributed by atoms with Crippen molar-refractivity contribution < 1.29 is 0 Å². The van der Waals surface area contributed by atoms with E-state index in [4.69, 9.17) is 4.99 Å². The molecule has 0 saturated heterocycles. The van der Waals surface area contributed by atoms with Crippen LogP contribution in [-0.2, 0) is 6.54 Å². The molecule has 5 rings (SSSR count). The summed E-state index contributed by atoms with van der Waals surface area (Å²) in [7, 11) is 0. The second-order valence-corrected chi connectivity index (χ2v) is 5.07. The van der Waals surface area contributed by atoms with Gasteiger partial charge in [-0.1, -0.05) is 30.3 Å². The van der Waals surface area contributed by atoms with Crippen molar-refractivity contribution in [1.29, 1.82) is 0 Å². The van der Waals surface area contributed by atoms with Gasteiger partial charge in [0.05, 0.1) is 22.9 Å². The van der Waals surface area contributed by atoms with Crippen LogP contribution in [0.5, 0.6) is 0 Å². The minimum Gasteiger partial charge on any atom is -0.280 e. The molecule has 3 aromatic rings. The van der Waals surface area contributed by atoms with E-state index < -0.39 is 0 Å². The first kappa shape index (κ1) is 9.45. The third kappa shape index (κ3) is 1.07. The quantitative estimate of drug-likeness (QED) is 0.453. The van der Waals surface area contributed by atoms with Crippen molar-refractivity contribution in [3.63, 3.8) is 0 Å². The Balaban J connectivity index is 2.05. The summed E-state index contributed by atoms with van der Waals surface area (Å²) in [6, 6.07) is 17.0. The summed E-state index contributed by atoms with van der Waals surface area (Å²) in [4.78, 5) is 9.43. The van der Waals surface area contributed by atoms with Crippen LogP contribution in [0.1, 0.15) is 5.56 Å². The molecule has 2 aliphatic rings. The Labute approximate surface area is 109 Å². The van der Waals surface area contributed by atoms with E-state index in [0.717, 1.165) is 22.9 Å². The molecule has 2 heteroatoms. The molecule has 2 nitrogen and oxygen atoms in total. The highest BCUT2D eigenvalue weighted by atomic mass is 14.8. The minimum atomic E-state index is 0.760. The van der Waals surface area contributed by atoms with E-state index in [2.05, 4.69) is 47.5 Å². The number of benzene rings is 3. The largest absolute Gasteiger partial charge is 0.280 e. The second-order valence-electron chi connectivity index (χ2n) is 5.07. The molecule has 3 aromatic carbocycles. The Morgan fingerprint density at radius 1 is 0.895 bits per heavy atom. The highest BCUT2D eigenvalue weighted by Crippen LogP contribution is 2.35. The average Bonchev–Trinajstić information content (AvgIpc) is 3.02. The van der Waals surface area contributed by atoms with Crippen LogP contribution in [0.4, 0.5) is 5.69 Å². The fraction of sp³-hybridized carbons (Fsp3) is 0.0588. The fourth-order valence-electron chi connectivity index (χ4n) is 3.21. The van der Waals surface area contributed by atoms with Crippen LogP contribution >= 0.6 is 0 Å². The maximum atomic E-state index is 4.81. The van der Waals surface area contributed by atoms with Crippen LogP contribution in [0.3, 0.4) is 0 Å². The van der Waals surface area contributed by atoms with Gasteiger partial charge in [0.25, 0.3) is 0 Å². The third-order valence-corrected chi connectivity index (χ3v) is 4.05. The van der Waals surface area contributed by atoms with Crippen LogP contribution in [0.25, 0.3) is 21.9 Å². The normalized spacial score (nSPS) is 13.9. The van der Waals surface area contributed by atoms with E-state index in [1.54, 1.807) is 0 Å². The Hall–Kier alpha value is -2.48. The maximum absolute atomic E-state index is 4.81. The lowest BCUT2D eigenvalue weighted by Gasteiger charge is -2.03. The third-order valence-electron chi connectivity index (χ3n) is 4.05. The Bertz CT molecular complexity index is 984. The summed E-state index contributed by atoms with van der Waals surface area (Å²) in [5, 5.41) is 4.81. The number of hydrogen-bond donors (Lipinski definition) is 0. The van der Waals surface area contributed by atoms with Crippen LogP contribution in [-0.4, -0.2) is 0 Å². The van der Waals surface area contributed by atoms with Crippen molar-refractivity contribution >= 4 is 16.5 Å². The van der Waals surface area contributed by atoms with Gasteiger partial charge in [-0.25, -0.2) is 4.99 Å². The molecule has 0 radical (unpaired) electrons. The minimum absolute atomic E-state index is 0.760. The molecule has 0 spiro atoms. The van der Waals surface area contributed by atoms with Gasteiger partial charge in [0.2, 0.25) is 0 Å². The van der Waals surface area contributed by atoms with Crippen LogP contribution in [0.15, 0.2) is 58.5 Å². The number of fused-ring (bicyclic) bond motifs is 4. The first-order chi connectivity index (χ1) is 9.42. The summed E-state index contributed by atoms with van der Waals surface area (Å²) >= 11 is 0. The molecular weight excluding hydrogens is 232 g/mol. The van der Waals surface area contributed by atoms with Crippen molar-refractivity contribution in [3.05, 3.63) is 64.8 Å². The van der Waals surface area contributed by atoms with E-state index in [-0.39, 0.29) is 0 Å². The van der Waals surface area contributed by atoms with Gasteiger partial charge in [0.15, 0.2) is 0 Å². The van der Waals surface area contributed by atoms with E-state index in [0.29, 0.717) is 0 Å². The zero-order valence-corrected chi connectivity index (χ0v) is 10.2. The summed E-state index contributed by atoms with van der Waals surface area (Å²) in [5.74, 6) is 0. The summed E-state index contributed by atoms with van der Waals surface area (Å²) in [6.45, 7) is 0.760. The Morgan fingerprint density at radius 3 is 2.84 bits per heavy atom. The predicted octanol–water partition coefficient (Wildman–Crippen LogP) is 2.90. The highest BCUT2D eigenvalue weighted by molar-refractivity contribution is 5.93. The monoisotopic (exact) mass is 242 g/mol. The van der Waals surface area contributed by atoms with Crippen molar-refractivity contribution in [1.82, 2.24) is 0 Å². The fourth-order valence-corrected chi connectivity index (χ4v) is 3.21. The Morgan fingerprint density at radius 2 is 1.84 bits per heavy atom. The summed E-state index contributed by atoms with van der Waals surface area (Å²) in [5.41, 5.74) is 4.87. The number of para-hydroxylation sites is 1. The summed E-state index contributed by atoms with van der Waals surface area (Å²) in [6.07, 6.45) is 0. The van der Waals surface area contributed by atoms with E-state index >= 15 is 0 Å². The summed E-state index contributed by atoms with van der Waals surface area (Å²) < 4.78 is 0. The average molecular weight is 242 g/mol. The van der Waals surface area contributed by atoms with Gasteiger partial charge in [0.1, 0.15) is 0 Å². The van der Waals surface area contributed by atoms with E-state index in [9.17, 15) is 0 Å². The lowest BCUT2D eigenvalue weighted by atomic mass is 9.97. The standard InChI is InChI=1S/C17H10N2/c1-2-6-14-11(5-1)12-8-10-4-3-7-15-16(10)13(9-18-15)17(12)19-14/h1-8H,9H2. The van der Waals surface area contributed by atoms with Gasteiger partial charge < -0.3 is 0 Å². The van der Waals surface area contributed by atoms with Gasteiger partial charge in [-0.05, 0) is 23.6 Å². The van der Waals surface area contributed by atoms with Crippen molar-refractivity contribution in [2.24, 2.45) is 9.98 Å². The Kier molecular flexibility index (Phi) is 1.54. The molecule has 88 valence electrons. The molecule has 0 aliphatic carbocycles. The first-order valence-corrected chi connectivity index (χ1v) is 6.49. The zero-order valence-electron chi connectivity index (χ0n) is 10.2. The molecule has 0 bridgehead atoms. The smallest absolute Gasteiger partial charge is 0.0774 e. The molecule has 19 heavy (non-hydrogen) atoms. The van der Waals surface area contributed by atoms with Gasteiger partial charge in [-0.15, -0.1) is 0 Å². The van der Waals surface area contributed by atoms with Crippen molar-refractivity contribution in [2.45, 2.75) is 6.54 Å². The van der Waals surface area contributed by atoms with Crippen LogP contribution < -0.4 is 10.7 Å². The van der Waals surface area contributed by atoms with Gasteiger partial charge in [-0.3, -0.25) is 4.99 Å². The van der Waals surface area contributed by atoms with E-state index in [1.165, 1.54) is 27.5 Å². The van der Waals surface area contributed by atoms with Crippen molar-refractivity contribution in [3.8, 4) is 11.1 Å². The molecule has 0 atom stereocenters. The van der Waals surface area contributed by atoms with Crippen LogP contribution in [0, 0.1) is 0 Å². The van der Waals surface area contributed by atoms with Gasteiger partial charge in [-0.2, -0.15) is 0 Å². The van der Waals surface area contributed by atoms with E-state index in [1.807, 2.05) is 6.07 Å². The molecule has 0 amide bonds. The molecule has 0 N–H and O–H groups in total. The van der Waals surface area contributed by atoms with Gasteiger partial charge >= 0.3 is 0 Å². The number of nitrogens with zero attached hydrogens (tertiary/aromatic N) is 2. The predicted molar refractivity (Wildman–Crippen MR) is 75.1 cm³/mol. The number of rotatable bonds is 0. The molecular formula is C17H10N2. The zero-order chi connectivity index (χ0) is 12.4. The molecule has 0 unspecified atom stereocenters. The molecule has 0 saturated carbocycles. The lowest BCUT2D eigenvalue weighted by molar-refractivity contribution is 1.05. The lowest BCUT2D eigenvalue weighted by Crippen LogP contribution is -2.10. The molecule has 0 aromatic heterocycles. The maximum Gasteiger partial charge on any atom is 0.0774 e. The van der Waals surface area contributed by atoms with Crippen molar-refractivity contribution in [2.75, 3.05) is 0 Å². The highest BCUT2D eigenvalue weighted by Gasteiger charge is 2.20. The molecule has 0 fully saturated rings. The first-order valence-electron chi connectivity index (χ1n) is 6.49. The van der Waals surface area contributed by atoms with Gasteiger partial charge in [0, 0.05) is 22.1 Å². The van der Waals surface area contributed by atoms with Crippen LogP contribution in [0.2, 0.25) is 0 Å². The SMILES string of the molecule is c1ccc2c(c1)N=c1c-2cc2cccc3c2c1CN=3. The second kappa shape index (κ2) is 3.09. The molecule has 2 aliphatic heterocycles.